The lowest BCUT2D eigenvalue weighted by Gasteiger charge is -2.17. The Bertz CT molecular complexity index is 274. The summed E-state index contributed by atoms with van der Waals surface area (Å²) in [5, 5.41) is 10.8. The summed E-state index contributed by atoms with van der Waals surface area (Å²) >= 11 is 0. The van der Waals surface area contributed by atoms with E-state index >= 15 is 0 Å². The van der Waals surface area contributed by atoms with Gasteiger partial charge < -0.3 is 15.5 Å². The number of hydrogen-bond donors (Lipinski definition) is 2. The summed E-state index contributed by atoms with van der Waals surface area (Å²) in [6.07, 6.45) is 1.12. The second kappa shape index (κ2) is 4.95. The summed E-state index contributed by atoms with van der Waals surface area (Å²) in [6.45, 7) is 6.72. The van der Waals surface area contributed by atoms with Crippen LogP contribution < -0.4 is 11.1 Å². The minimum atomic E-state index is 0.284. The van der Waals surface area contributed by atoms with Crippen molar-refractivity contribution < 1.29 is 4.42 Å². The molecule has 0 aromatic carbocycles. The molecule has 0 fully saturated rings. The summed E-state index contributed by atoms with van der Waals surface area (Å²) in [5.74, 6) is 1.03. The van der Waals surface area contributed by atoms with Crippen molar-refractivity contribution >= 4 is 6.01 Å². The standard InChI is InChI=1S/C9H18N4O/c1-4-6(2)7(3)11-9-13-12-8(5-10)14-9/h6-7H,4-5,10H2,1-3H3,(H,11,13). The number of nitrogens with zero attached hydrogens (tertiary/aromatic N) is 2. The number of aromatic nitrogens is 2. The minimum Gasteiger partial charge on any atom is -0.407 e. The highest BCUT2D eigenvalue weighted by Gasteiger charge is 2.12. The Kier molecular flexibility index (Phi) is 3.88. The van der Waals surface area contributed by atoms with E-state index in [0.717, 1.165) is 6.42 Å². The topological polar surface area (TPSA) is 77.0 Å². The molecule has 0 radical (unpaired) electrons. The van der Waals surface area contributed by atoms with Crippen molar-refractivity contribution in [1.29, 1.82) is 0 Å². The summed E-state index contributed by atoms with van der Waals surface area (Å²) in [4.78, 5) is 0. The summed E-state index contributed by atoms with van der Waals surface area (Å²) in [7, 11) is 0. The van der Waals surface area contributed by atoms with Gasteiger partial charge in [-0.1, -0.05) is 25.4 Å². The molecule has 0 amide bonds. The molecule has 0 bridgehead atoms. The molecule has 2 atom stereocenters. The van der Waals surface area contributed by atoms with E-state index in [1.54, 1.807) is 0 Å². The zero-order valence-electron chi connectivity index (χ0n) is 8.95. The van der Waals surface area contributed by atoms with Crippen molar-refractivity contribution in [2.24, 2.45) is 11.7 Å². The van der Waals surface area contributed by atoms with Crippen LogP contribution in [-0.2, 0) is 6.54 Å². The molecule has 2 unspecified atom stereocenters. The Hall–Kier alpha value is -1.10. The van der Waals surface area contributed by atoms with Crippen molar-refractivity contribution in [3.05, 3.63) is 5.89 Å². The van der Waals surface area contributed by atoms with Gasteiger partial charge in [-0.25, -0.2) is 0 Å². The smallest absolute Gasteiger partial charge is 0.315 e. The maximum absolute atomic E-state index is 5.36. The van der Waals surface area contributed by atoms with Gasteiger partial charge >= 0.3 is 6.01 Å². The Balaban J connectivity index is 2.51. The van der Waals surface area contributed by atoms with E-state index in [1.807, 2.05) is 0 Å². The first kappa shape index (κ1) is 11.0. The molecule has 0 spiro atoms. The van der Waals surface area contributed by atoms with Crippen molar-refractivity contribution in [3.8, 4) is 0 Å². The third kappa shape index (κ3) is 2.70. The third-order valence-electron chi connectivity index (χ3n) is 2.49. The maximum atomic E-state index is 5.36. The highest BCUT2D eigenvalue weighted by Crippen LogP contribution is 2.13. The summed E-state index contributed by atoms with van der Waals surface area (Å²) in [5.41, 5.74) is 5.36. The van der Waals surface area contributed by atoms with Gasteiger partial charge in [-0.05, 0) is 12.8 Å². The normalized spacial score (nSPS) is 15.1. The molecule has 5 nitrogen and oxygen atoms in total. The highest BCUT2D eigenvalue weighted by molar-refractivity contribution is 5.19. The quantitative estimate of drug-likeness (QED) is 0.747. The Morgan fingerprint density at radius 1 is 1.43 bits per heavy atom. The largest absolute Gasteiger partial charge is 0.407 e. The van der Waals surface area contributed by atoms with Crippen molar-refractivity contribution in [3.63, 3.8) is 0 Å². The molecule has 5 heteroatoms. The van der Waals surface area contributed by atoms with Crippen LogP contribution in [0.15, 0.2) is 4.42 Å². The van der Waals surface area contributed by atoms with Crippen LogP contribution in [0.2, 0.25) is 0 Å². The number of nitrogens with one attached hydrogen (secondary N) is 1. The minimum absolute atomic E-state index is 0.284. The van der Waals surface area contributed by atoms with Crippen LogP contribution in [-0.4, -0.2) is 16.2 Å². The van der Waals surface area contributed by atoms with Gasteiger partial charge in [-0.3, -0.25) is 0 Å². The molecule has 1 rings (SSSR count). The maximum Gasteiger partial charge on any atom is 0.315 e. The van der Waals surface area contributed by atoms with E-state index in [1.165, 1.54) is 0 Å². The van der Waals surface area contributed by atoms with Crippen LogP contribution >= 0.6 is 0 Å². The van der Waals surface area contributed by atoms with Crippen LogP contribution in [0, 0.1) is 5.92 Å². The van der Waals surface area contributed by atoms with Gasteiger partial charge in [-0.2, -0.15) is 0 Å². The fourth-order valence-electron chi connectivity index (χ4n) is 1.08. The third-order valence-corrected chi connectivity index (χ3v) is 2.49. The Morgan fingerprint density at radius 3 is 2.64 bits per heavy atom. The Morgan fingerprint density at radius 2 is 2.14 bits per heavy atom. The molecule has 3 N–H and O–H groups in total. The first-order valence-corrected chi connectivity index (χ1v) is 4.96. The van der Waals surface area contributed by atoms with E-state index in [2.05, 4.69) is 36.3 Å². The predicted octanol–water partition coefficient (Wildman–Crippen LogP) is 1.37. The second-order valence-electron chi connectivity index (χ2n) is 3.52. The molecule has 14 heavy (non-hydrogen) atoms. The van der Waals surface area contributed by atoms with Crippen LogP contribution in [0.25, 0.3) is 0 Å². The Labute approximate surface area is 84.1 Å². The highest BCUT2D eigenvalue weighted by atomic mass is 16.4. The molecule has 1 aromatic heterocycles. The van der Waals surface area contributed by atoms with Crippen molar-refractivity contribution in [2.45, 2.75) is 39.8 Å². The van der Waals surface area contributed by atoms with Crippen LogP contribution in [0.3, 0.4) is 0 Å². The molecule has 80 valence electrons. The van der Waals surface area contributed by atoms with Crippen LogP contribution in [0.5, 0.6) is 0 Å². The monoisotopic (exact) mass is 198 g/mol. The molecule has 0 saturated heterocycles. The zero-order valence-corrected chi connectivity index (χ0v) is 8.95. The van der Waals surface area contributed by atoms with Gasteiger partial charge in [0.15, 0.2) is 0 Å². The number of nitrogens with two attached hydrogens (primary N) is 1. The van der Waals surface area contributed by atoms with Gasteiger partial charge in [-0.15, -0.1) is 5.10 Å². The molecule has 1 heterocycles. The summed E-state index contributed by atoms with van der Waals surface area (Å²) in [6, 6.07) is 0.782. The summed E-state index contributed by atoms with van der Waals surface area (Å²) < 4.78 is 5.24. The van der Waals surface area contributed by atoms with Gasteiger partial charge in [0.1, 0.15) is 0 Å². The first-order chi connectivity index (χ1) is 6.67. The molecule has 0 aliphatic rings. The van der Waals surface area contributed by atoms with Gasteiger partial charge in [0.25, 0.3) is 0 Å². The molecule has 0 saturated carbocycles. The average Bonchev–Trinajstić information content (AvgIpc) is 2.64. The van der Waals surface area contributed by atoms with E-state index in [4.69, 9.17) is 10.2 Å². The fraction of sp³-hybridized carbons (Fsp3) is 0.778. The van der Waals surface area contributed by atoms with E-state index in [0.29, 0.717) is 23.9 Å². The van der Waals surface area contributed by atoms with Crippen molar-refractivity contribution in [2.75, 3.05) is 5.32 Å². The van der Waals surface area contributed by atoms with Crippen LogP contribution in [0.1, 0.15) is 33.1 Å². The molecule has 0 aliphatic heterocycles. The van der Waals surface area contributed by atoms with E-state index in [-0.39, 0.29) is 6.54 Å². The van der Waals surface area contributed by atoms with E-state index in [9.17, 15) is 0 Å². The molecule has 1 aromatic rings. The van der Waals surface area contributed by atoms with E-state index < -0.39 is 0 Å². The first-order valence-electron chi connectivity index (χ1n) is 4.96. The van der Waals surface area contributed by atoms with Gasteiger partial charge in [0, 0.05) is 6.04 Å². The van der Waals surface area contributed by atoms with Crippen molar-refractivity contribution in [1.82, 2.24) is 10.2 Å². The second-order valence-corrected chi connectivity index (χ2v) is 3.52. The van der Waals surface area contributed by atoms with Gasteiger partial charge in [0.2, 0.25) is 5.89 Å². The van der Waals surface area contributed by atoms with Crippen LogP contribution in [0.4, 0.5) is 6.01 Å². The lowest BCUT2D eigenvalue weighted by molar-refractivity contribution is 0.460. The predicted molar refractivity (Wildman–Crippen MR) is 54.7 cm³/mol. The lowest BCUT2D eigenvalue weighted by atomic mass is 10.0. The average molecular weight is 198 g/mol. The molecular formula is C9H18N4O. The number of rotatable bonds is 5. The lowest BCUT2D eigenvalue weighted by Crippen LogP contribution is -2.23. The number of anilines is 1. The molecular weight excluding hydrogens is 180 g/mol. The zero-order chi connectivity index (χ0) is 10.6. The SMILES string of the molecule is CCC(C)C(C)Nc1nnc(CN)o1. The molecule has 0 aliphatic carbocycles. The fourth-order valence-corrected chi connectivity index (χ4v) is 1.08. The number of hydrogen-bond acceptors (Lipinski definition) is 5. The van der Waals surface area contributed by atoms with Gasteiger partial charge in [0.05, 0.1) is 6.54 Å².